The Morgan fingerprint density at radius 1 is 1.57 bits per heavy atom. The first-order valence-electron chi connectivity index (χ1n) is 5.77. The van der Waals surface area contributed by atoms with Crippen molar-refractivity contribution in [1.29, 1.82) is 0 Å². The Balaban J connectivity index is 2.01. The van der Waals surface area contributed by atoms with Crippen molar-refractivity contribution < 1.29 is 4.79 Å². The van der Waals surface area contributed by atoms with Crippen molar-refractivity contribution in [1.82, 2.24) is 5.32 Å². The number of nitrogens with one attached hydrogen (secondary N) is 1. The van der Waals surface area contributed by atoms with Crippen molar-refractivity contribution in [3.63, 3.8) is 0 Å². The summed E-state index contributed by atoms with van der Waals surface area (Å²) in [6.45, 7) is 2.85. The highest BCUT2D eigenvalue weighted by atomic mass is 16.2. The molecule has 0 heterocycles. The van der Waals surface area contributed by atoms with Gasteiger partial charge in [0.05, 0.1) is 6.04 Å². The van der Waals surface area contributed by atoms with Crippen molar-refractivity contribution in [2.24, 2.45) is 11.7 Å². The Hall–Kier alpha value is -0.570. The second-order valence-electron chi connectivity index (χ2n) is 4.27. The van der Waals surface area contributed by atoms with Crippen LogP contribution in [0.5, 0.6) is 0 Å². The van der Waals surface area contributed by atoms with Crippen LogP contribution < -0.4 is 11.1 Å². The smallest absolute Gasteiger partial charge is 0.236 e. The summed E-state index contributed by atoms with van der Waals surface area (Å²) >= 11 is 0. The third kappa shape index (κ3) is 3.66. The molecule has 0 radical (unpaired) electrons. The zero-order valence-corrected chi connectivity index (χ0v) is 9.09. The first kappa shape index (κ1) is 11.5. The van der Waals surface area contributed by atoms with Crippen LogP contribution in [0.2, 0.25) is 0 Å². The first-order valence-corrected chi connectivity index (χ1v) is 5.77. The number of carbonyl (C=O) groups is 1. The predicted molar refractivity (Wildman–Crippen MR) is 57.9 cm³/mol. The number of rotatable bonds is 6. The van der Waals surface area contributed by atoms with E-state index in [1.54, 1.807) is 0 Å². The van der Waals surface area contributed by atoms with Crippen molar-refractivity contribution in [2.45, 2.75) is 51.5 Å². The average molecular weight is 198 g/mol. The highest BCUT2D eigenvalue weighted by molar-refractivity contribution is 5.81. The lowest BCUT2D eigenvalue weighted by Crippen LogP contribution is -2.41. The largest absolute Gasteiger partial charge is 0.355 e. The van der Waals surface area contributed by atoms with Gasteiger partial charge in [-0.2, -0.15) is 0 Å². The van der Waals surface area contributed by atoms with Crippen LogP contribution in [0, 0.1) is 5.92 Å². The first-order chi connectivity index (χ1) is 6.74. The maximum absolute atomic E-state index is 11.4. The topological polar surface area (TPSA) is 55.1 Å². The van der Waals surface area contributed by atoms with Gasteiger partial charge in [0.1, 0.15) is 0 Å². The maximum atomic E-state index is 11.4. The second-order valence-corrected chi connectivity index (χ2v) is 4.27. The summed E-state index contributed by atoms with van der Waals surface area (Å²) in [5.74, 6) is 0.879. The lowest BCUT2D eigenvalue weighted by Gasteiger charge is -2.25. The van der Waals surface area contributed by atoms with E-state index in [0.717, 1.165) is 31.7 Å². The van der Waals surface area contributed by atoms with Crippen molar-refractivity contribution in [3.8, 4) is 0 Å². The minimum Gasteiger partial charge on any atom is -0.355 e. The number of hydrogen-bond donors (Lipinski definition) is 2. The summed E-state index contributed by atoms with van der Waals surface area (Å²) < 4.78 is 0. The molecule has 1 unspecified atom stereocenters. The summed E-state index contributed by atoms with van der Waals surface area (Å²) in [7, 11) is 0. The minimum atomic E-state index is -0.304. The predicted octanol–water partition coefficient (Wildman–Crippen LogP) is 1.42. The average Bonchev–Trinajstić information content (AvgIpc) is 2.09. The van der Waals surface area contributed by atoms with E-state index in [2.05, 4.69) is 5.32 Å². The number of hydrogen-bond acceptors (Lipinski definition) is 2. The third-order valence-corrected chi connectivity index (χ3v) is 3.01. The van der Waals surface area contributed by atoms with Gasteiger partial charge in [0, 0.05) is 6.54 Å². The van der Waals surface area contributed by atoms with Crippen LogP contribution in [-0.2, 0) is 4.79 Å². The van der Waals surface area contributed by atoms with Gasteiger partial charge in [0.2, 0.25) is 5.91 Å². The van der Waals surface area contributed by atoms with Gasteiger partial charge in [-0.15, -0.1) is 0 Å². The van der Waals surface area contributed by atoms with Gasteiger partial charge < -0.3 is 11.1 Å². The van der Waals surface area contributed by atoms with Gasteiger partial charge >= 0.3 is 0 Å². The van der Waals surface area contributed by atoms with Crippen LogP contribution in [0.3, 0.4) is 0 Å². The SMILES string of the molecule is CCCC(N)C(=O)NCCC1CCC1. The Kier molecular flexibility index (Phi) is 4.94. The molecule has 0 aromatic heterocycles. The monoisotopic (exact) mass is 198 g/mol. The molecule has 3 heteroatoms. The highest BCUT2D eigenvalue weighted by Gasteiger charge is 2.17. The van der Waals surface area contributed by atoms with Crippen LogP contribution in [-0.4, -0.2) is 18.5 Å². The number of carbonyl (C=O) groups excluding carboxylic acids is 1. The van der Waals surface area contributed by atoms with Gasteiger partial charge in [0.15, 0.2) is 0 Å². The number of amides is 1. The van der Waals surface area contributed by atoms with Crippen molar-refractivity contribution in [3.05, 3.63) is 0 Å². The Labute approximate surface area is 86.4 Å². The summed E-state index contributed by atoms with van der Waals surface area (Å²) in [6, 6.07) is -0.304. The zero-order valence-electron chi connectivity index (χ0n) is 9.09. The standard InChI is InChI=1S/C11H22N2O/c1-2-4-10(12)11(14)13-8-7-9-5-3-6-9/h9-10H,2-8,12H2,1H3,(H,13,14). The molecule has 1 aliphatic rings. The molecule has 0 aromatic carbocycles. The minimum absolute atomic E-state index is 0.0196. The molecule has 14 heavy (non-hydrogen) atoms. The van der Waals surface area contributed by atoms with E-state index in [0.29, 0.717) is 0 Å². The fourth-order valence-corrected chi connectivity index (χ4v) is 1.75. The van der Waals surface area contributed by atoms with Gasteiger partial charge in [-0.25, -0.2) is 0 Å². The molecule has 0 spiro atoms. The molecular formula is C11H22N2O. The second kappa shape index (κ2) is 6.02. The molecule has 1 amide bonds. The molecule has 1 rings (SSSR count). The molecule has 3 nitrogen and oxygen atoms in total. The van der Waals surface area contributed by atoms with Crippen molar-refractivity contribution in [2.75, 3.05) is 6.54 Å². The molecule has 0 aliphatic heterocycles. The lowest BCUT2D eigenvalue weighted by molar-refractivity contribution is -0.122. The quantitative estimate of drug-likeness (QED) is 0.678. The van der Waals surface area contributed by atoms with E-state index in [1.165, 1.54) is 19.3 Å². The van der Waals surface area contributed by atoms with E-state index in [4.69, 9.17) is 5.73 Å². The Morgan fingerprint density at radius 2 is 2.29 bits per heavy atom. The van der Waals surface area contributed by atoms with Gasteiger partial charge in [0.25, 0.3) is 0 Å². The fourth-order valence-electron chi connectivity index (χ4n) is 1.75. The Bertz CT molecular complexity index is 178. The molecule has 0 saturated heterocycles. The van der Waals surface area contributed by atoms with Gasteiger partial charge in [-0.05, 0) is 18.8 Å². The summed E-state index contributed by atoms with van der Waals surface area (Å²) in [4.78, 5) is 11.4. The molecule has 0 aromatic rings. The van der Waals surface area contributed by atoms with Gasteiger partial charge in [-0.3, -0.25) is 4.79 Å². The maximum Gasteiger partial charge on any atom is 0.236 e. The van der Waals surface area contributed by atoms with E-state index < -0.39 is 0 Å². The van der Waals surface area contributed by atoms with E-state index in [-0.39, 0.29) is 11.9 Å². The summed E-state index contributed by atoms with van der Waals surface area (Å²) in [6.07, 6.45) is 6.94. The molecule has 1 atom stereocenters. The Morgan fingerprint density at radius 3 is 2.79 bits per heavy atom. The summed E-state index contributed by atoms with van der Waals surface area (Å²) in [5, 5.41) is 2.90. The van der Waals surface area contributed by atoms with E-state index in [9.17, 15) is 4.79 Å². The molecule has 1 fully saturated rings. The molecule has 1 aliphatic carbocycles. The molecule has 0 bridgehead atoms. The van der Waals surface area contributed by atoms with Crippen LogP contribution in [0.1, 0.15) is 45.4 Å². The van der Waals surface area contributed by atoms with Crippen LogP contribution >= 0.6 is 0 Å². The normalized spacial score (nSPS) is 18.7. The molecule has 3 N–H and O–H groups in total. The van der Waals surface area contributed by atoms with Crippen LogP contribution in [0.4, 0.5) is 0 Å². The fraction of sp³-hybridized carbons (Fsp3) is 0.909. The number of nitrogens with two attached hydrogens (primary N) is 1. The lowest BCUT2D eigenvalue weighted by atomic mass is 9.83. The highest BCUT2D eigenvalue weighted by Crippen LogP contribution is 2.28. The van der Waals surface area contributed by atoms with Crippen LogP contribution in [0.15, 0.2) is 0 Å². The zero-order chi connectivity index (χ0) is 10.4. The van der Waals surface area contributed by atoms with E-state index in [1.807, 2.05) is 6.92 Å². The summed E-state index contributed by atoms with van der Waals surface area (Å²) in [5.41, 5.74) is 5.68. The van der Waals surface area contributed by atoms with Crippen molar-refractivity contribution >= 4 is 5.91 Å². The van der Waals surface area contributed by atoms with Crippen LogP contribution in [0.25, 0.3) is 0 Å². The third-order valence-electron chi connectivity index (χ3n) is 3.01. The van der Waals surface area contributed by atoms with Gasteiger partial charge in [-0.1, -0.05) is 32.6 Å². The molecular weight excluding hydrogens is 176 g/mol. The van der Waals surface area contributed by atoms with E-state index >= 15 is 0 Å². The molecule has 82 valence electrons. The molecule has 1 saturated carbocycles.